The largest absolute Gasteiger partial charge is 0.325 e. The molecule has 3 N–H and O–H groups in total. The average molecular weight is 265 g/mol. The van der Waals surface area contributed by atoms with E-state index in [0.29, 0.717) is 0 Å². The van der Waals surface area contributed by atoms with Crippen molar-refractivity contribution in [2.24, 2.45) is 11.7 Å². The number of hydrogen-bond donors (Lipinski definition) is 2. The lowest BCUT2D eigenvalue weighted by Crippen LogP contribution is -2.42. The van der Waals surface area contributed by atoms with Crippen LogP contribution in [0.5, 0.6) is 0 Å². The molecule has 0 aromatic carbocycles. The number of nitrogens with two attached hydrogens (primary N) is 1. The quantitative estimate of drug-likeness (QED) is 0.726. The van der Waals surface area contributed by atoms with Crippen molar-refractivity contribution in [2.75, 3.05) is 18.8 Å². The van der Waals surface area contributed by atoms with Crippen molar-refractivity contribution in [1.82, 2.24) is 4.72 Å². The second-order valence-corrected chi connectivity index (χ2v) is 5.46. The van der Waals surface area contributed by atoms with Crippen LogP contribution in [0.2, 0.25) is 0 Å². The fourth-order valence-corrected chi connectivity index (χ4v) is 2.44. The molecule has 0 bridgehead atoms. The highest BCUT2D eigenvalue weighted by atomic mass is 35.5. The summed E-state index contributed by atoms with van der Waals surface area (Å²) in [6.45, 7) is -1.75. The lowest BCUT2D eigenvalue weighted by Gasteiger charge is -2.14. The minimum absolute atomic E-state index is 0. The standard InChI is InChI=1S/C7H14F2N2O2S.ClH/c8-7(9,4-10)5-11-14(12,13)3-6-1-2-6;/h6,11H,1-5,10H2;1H. The van der Waals surface area contributed by atoms with E-state index in [1.807, 2.05) is 4.72 Å². The van der Waals surface area contributed by atoms with Crippen LogP contribution < -0.4 is 10.5 Å². The molecule has 1 saturated carbocycles. The molecule has 0 amide bonds. The Kier molecular flexibility index (Phi) is 5.39. The van der Waals surface area contributed by atoms with Gasteiger partial charge in [-0.15, -0.1) is 12.4 Å². The summed E-state index contributed by atoms with van der Waals surface area (Å²) in [7, 11) is -3.55. The Morgan fingerprint density at radius 3 is 2.33 bits per heavy atom. The molecule has 0 aliphatic heterocycles. The smallest absolute Gasteiger partial charge is 0.273 e. The van der Waals surface area contributed by atoms with Crippen LogP contribution in [0, 0.1) is 5.92 Å². The Morgan fingerprint density at radius 2 is 1.93 bits per heavy atom. The molecule has 8 heteroatoms. The van der Waals surface area contributed by atoms with Gasteiger partial charge in [0.25, 0.3) is 5.92 Å². The number of hydrogen-bond acceptors (Lipinski definition) is 3. The van der Waals surface area contributed by atoms with E-state index >= 15 is 0 Å². The molecule has 1 fully saturated rings. The summed E-state index contributed by atoms with van der Waals surface area (Å²) in [6.07, 6.45) is 1.74. The number of halogens is 3. The van der Waals surface area contributed by atoms with Gasteiger partial charge in [-0.05, 0) is 18.8 Å². The normalized spacial score (nSPS) is 17.3. The van der Waals surface area contributed by atoms with Gasteiger partial charge in [-0.25, -0.2) is 21.9 Å². The fraction of sp³-hybridized carbons (Fsp3) is 1.00. The summed E-state index contributed by atoms with van der Waals surface area (Å²) in [4.78, 5) is 0. The first-order valence-electron chi connectivity index (χ1n) is 4.40. The summed E-state index contributed by atoms with van der Waals surface area (Å²) in [5.74, 6) is -3.05. The monoisotopic (exact) mass is 264 g/mol. The predicted molar refractivity (Wildman–Crippen MR) is 55.8 cm³/mol. The Bertz CT molecular complexity index is 293. The zero-order chi connectivity index (χ0) is 10.8. The van der Waals surface area contributed by atoms with E-state index in [1.54, 1.807) is 0 Å². The maximum Gasteiger partial charge on any atom is 0.273 e. The van der Waals surface area contributed by atoms with Crippen LogP contribution >= 0.6 is 12.4 Å². The molecule has 4 nitrogen and oxygen atoms in total. The third-order valence-corrected chi connectivity index (χ3v) is 3.50. The van der Waals surface area contributed by atoms with Crippen LogP contribution in [0.15, 0.2) is 0 Å². The molecule has 0 spiro atoms. The van der Waals surface area contributed by atoms with Crippen molar-refractivity contribution in [3.05, 3.63) is 0 Å². The van der Waals surface area contributed by atoms with Crippen LogP contribution in [0.3, 0.4) is 0 Å². The van der Waals surface area contributed by atoms with E-state index in [1.165, 1.54) is 0 Å². The van der Waals surface area contributed by atoms with Crippen molar-refractivity contribution >= 4 is 22.4 Å². The van der Waals surface area contributed by atoms with Gasteiger partial charge in [0.15, 0.2) is 0 Å². The molecule has 0 atom stereocenters. The van der Waals surface area contributed by atoms with Crippen LogP contribution in [0.25, 0.3) is 0 Å². The first-order valence-corrected chi connectivity index (χ1v) is 6.05. The number of alkyl halides is 2. The molecular formula is C7H15ClF2N2O2S. The summed E-state index contributed by atoms with van der Waals surface area (Å²) in [6, 6.07) is 0. The zero-order valence-corrected chi connectivity index (χ0v) is 9.71. The molecule has 1 rings (SSSR count). The molecule has 0 unspecified atom stereocenters. The highest BCUT2D eigenvalue weighted by molar-refractivity contribution is 7.89. The molecule has 1 aliphatic carbocycles. The van der Waals surface area contributed by atoms with Gasteiger partial charge in [0, 0.05) is 0 Å². The van der Waals surface area contributed by atoms with E-state index < -0.39 is 29.0 Å². The number of sulfonamides is 1. The first kappa shape index (κ1) is 15.0. The zero-order valence-electron chi connectivity index (χ0n) is 8.08. The van der Waals surface area contributed by atoms with Crippen LogP contribution in [-0.4, -0.2) is 33.2 Å². The van der Waals surface area contributed by atoms with E-state index in [9.17, 15) is 17.2 Å². The Labute approximate surface area is 94.1 Å². The van der Waals surface area contributed by atoms with E-state index in [4.69, 9.17) is 5.73 Å². The minimum Gasteiger partial charge on any atom is -0.325 e. The third-order valence-electron chi connectivity index (χ3n) is 2.00. The van der Waals surface area contributed by atoms with Crippen LogP contribution in [0.1, 0.15) is 12.8 Å². The van der Waals surface area contributed by atoms with Gasteiger partial charge in [-0.3, -0.25) is 0 Å². The molecule has 0 aromatic rings. The van der Waals surface area contributed by atoms with Gasteiger partial charge in [-0.2, -0.15) is 0 Å². The summed E-state index contributed by atoms with van der Waals surface area (Å²) < 4.78 is 49.3. The van der Waals surface area contributed by atoms with Crippen molar-refractivity contribution < 1.29 is 17.2 Å². The van der Waals surface area contributed by atoms with Gasteiger partial charge < -0.3 is 5.73 Å². The van der Waals surface area contributed by atoms with Crippen molar-refractivity contribution in [3.63, 3.8) is 0 Å². The Hall–Kier alpha value is 0.0200. The highest BCUT2D eigenvalue weighted by Crippen LogP contribution is 2.30. The molecule has 92 valence electrons. The SMILES string of the molecule is Cl.NCC(F)(F)CNS(=O)(=O)CC1CC1. The van der Waals surface area contributed by atoms with E-state index in [2.05, 4.69) is 0 Å². The van der Waals surface area contributed by atoms with Gasteiger partial charge in [0.05, 0.1) is 18.8 Å². The maximum absolute atomic E-state index is 12.6. The molecule has 0 aromatic heterocycles. The third kappa shape index (κ3) is 6.24. The van der Waals surface area contributed by atoms with Gasteiger partial charge >= 0.3 is 0 Å². The predicted octanol–water partition coefficient (Wildman–Crippen LogP) is 0.332. The van der Waals surface area contributed by atoms with Crippen LogP contribution in [-0.2, 0) is 10.0 Å². The van der Waals surface area contributed by atoms with Gasteiger partial charge in [-0.1, -0.05) is 0 Å². The number of nitrogens with one attached hydrogen (secondary N) is 1. The van der Waals surface area contributed by atoms with Crippen molar-refractivity contribution in [2.45, 2.75) is 18.8 Å². The lowest BCUT2D eigenvalue weighted by atomic mass is 10.3. The van der Waals surface area contributed by atoms with E-state index in [0.717, 1.165) is 12.8 Å². The minimum atomic E-state index is -3.55. The molecule has 1 aliphatic rings. The second-order valence-electron chi connectivity index (χ2n) is 3.61. The summed E-state index contributed by atoms with van der Waals surface area (Å²) >= 11 is 0. The van der Waals surface area contributed by atoms with Gasteiger partial charge in [0.2, 0.25) is 10.0 Å². The second kappa shape index (κ2) is 5.38. The van der Waals surface area contributed by atoms with Crippen molar-refractivity contribution in [1.29, 1.82) is 0 Å². The molecular weight excluding hydrogens is 250 g/mol. The topological polar surface area (TPSA) is 72.2 Å². The number of rotatable bonds is 6. The Balaban J connectivity index is 0.00000196. The summed E-state index contributed by atoms with van der Waals surface area (Å²) in [5, 5.41) is 0. The first-order chi connectivity index (χ1) is 6.35. The lowest BCUT2D eigenvalue weighted by molar-refractivity contribution is 0.0170. The molecule has 0 radical (unpaired) electrons. The van der Waals surface area contributed by atoms with E-state index in [-0.39, 0.29) is 24.1 Å². The van der Waals surface area contributed by atoms with Crippen LogP contribution in [0.4, 0.5) is 8.78 Å². The maximum atomic E-state index is 12.6. The molecule has 0 heterocycles. The van der Waals surface area contributed by atoms with Crippen molar-refractivity contribution in [3.8, 4) is 0 Å². The highest BCUT2D eigenvalue weighted by Gasteiger charge is 2.32. The molecule has 0 saturated heterocycles. The Morgan fingerprint density at radius 1 is 1.40 bits per heavy atom. The molecule has 15 heavy (non-hydrogen) atoms. The fourth-order valence-electron chi connectivity index (χ4n) is 0.941. The summed E-state index contributed by atoms with van der Waals surface area (Å²) in [5.41, 5.74) is 4.76. The average Bonchev–Trinajstić information content (AvgIpc) is 2.85. The van der Waals surface area contributed by atoms with Gasteiger partial charge in [0.1, 0.15) is 0 Å².